The van der Waals surface area contributed by atoms with Gasteiger partial charge in [0.15, 0.2) is 5.16 Å². The number of benzene rings is 1. The molecular formula is C19H25N5O3S2. The molecule has 1 atom stereocenters. The molecule has 1 amide bonds. The number of nitrogens with one attached hydrogen (secondary N) is 1. The van der Waals surface area contributed by atoms with Gasteiger partial charge in [0, 0.05) is 25.3 Å². The SMILES string of the molecule is C=CCn1cnnc1S[C@H](C)C(=O)Nc1ccc(S(=O)(=O)N2CCCCC2)cc1. The van der Waals surface area contributed by atoms with Crippen LogP contribution in [0.15, 0.2) is 53.3 Å². The number of nitrogens with zero attached hydrogens (tertiary/aromatic N) is 4. The molecule has 0 unspecified atom stereocenters. The molecule has 0 bridgehead atoms. The quantitative estimate of drug-likeness (QED) is 0.506. The maximum absolute atomic E-state index is 12.7. The standard InChI is InChI=1S/C19H25N5O3S2/c1-3-11-23-14-20-22-19(23)28-15(2)18(25)21-16-7-9-17(10-8-16)29(26,27)24-12-5-4-6-13-24/h3,7-10,14-15H,1,4-6,11-13H2,2H3,(H,21,25)/t15-/m1/s1. The van der Waals surface area contributed by atoms with E-state index in [4.69, 9.17) is 0 Å². The third-order valence-corrected chi connectivity index (χ3v) is 7.64. The highest BCUT2D eigenvalue weighted by Gasteiger charge is 2.26. The molecule has 1 aromatic heterocycles. The van der Waals surface area contributed by atoms with Gasteiger partial charge in [-0.15, -0.1) is 16.8 Å². The van der Waals surface area contributed by atoms with Crippen LogP contribution in [0.4, 0.5) is 5.69 Å². The molecule has 29 heavy (non-hydrogen) atoms. The fraction of sp³-hybridized carbons (Fsp3) is 0.421. The van der Waals surface area contributed by atoms with Crippen molar-refractivity contribution in [1.29, 1.82) is 0 Å². The molecule has 1 aromatic carbocycles. The molecule has 1 N–H and O–H groups in total. The fourth-order valence-corrected chi connectivity index (χ4v) is 5.37. The Bertz CT molecular complexity index is 950. The van der Waals surface area contributed by atoms with Crippen LogP contribution in [0.3, 0.4) is 0 Å². The molecule has 0 aliphatic carbocycles. The van der Waals surface area contributed by atoms with E-state index in [1.807, 2.05) is 4.57 Å². The van der Waals surface area contributed by atoms with Crippen LogP contribution in [0.25, 0.3) is 0 Å². The largest absolute Gasteiger partial charge is 0.325 e. The number of anilines is 1. The summed E-state index contributed by atoms with van der Waals surface area (Å²) < 4.78 is 28.7. The van der Waals surface area contributed by atoms with E-state index in [-0.39, 0.29) is 10.8 Å². The molecule has 2 heterocycles. The fourth-order valence-electron chi connectivity index (χ4n) is 3.02. The van der Waals surface area contributed by atoms with Gasteiger partial charge >= 0.3 is 0 Å². The first kappa shape index (κ1) is 21.5. The second-order valence-corrected chi connectivity index (χ2v) is 10.0. The first-order chi connectivity index (χ1) is 13.9. The summed E-state index contributed by atoms with van der Waals surface area (Å²) in [5.74, 6) is -0.199. The molecule has 2 aromatic rings. The number of hydrogen-bond acceptors (Lipinski definition) is 6. The molecule has 156 valence electrons. The smallest absolute Gasteiger partial charge is 0.243 e. The van der Waals surface area contributed by atoms with Crippen molar-refractivity contribution in [1.82, 2.24) is 19.1 Å². The van der Waals surface area contributed by atoms with Gasteiger partial charge in [0.1, 0.15) is 6.33 Å². The maximum atomic E-state index is 12.7. The Labute approximate surface area is 175 Å². The molecule has 0 radical (unpaired) electrons. The van der Waals surface area contributed by atoms with Gasteiger partial charge in [-0.25, -0.2) is 8.42 Å². The van der Waals surface area contributed by atoms with E-state index in [0.717, 1.165) is 19.3 Å². The van der Waals surface area contributed by atoms with Gasteiger partial charge in [-0.3, -0.25) is 4.79 Å². The number of hydrogen-bond donors (Lipinski definition) is 1. The number of piperidine rings is 1. The van der Waals surface area contributed by atoms with E-state index < -0.39 is 15.3 Å². The molecule has 10 heteroatoms. The molecule has 0 saturated carbocycles. The summed E-state index contributed by atoms with van der Waals surface area (Å²) in [6, 6.07) is 6.31. The van der Waals surface area contributed by atoms with E-state index in [1.54, 1.807) is 31.5 Å². The van der Waals surface area contributed by atoms with Crippen molar-refractivity contribution in [2.75, 3.05) is 18.4 Å². The van der Waals surface area contributed by atoms with Gasteiger partial charge in [-0.05, 0) is 44.0 Å². The van der Waals surface area contributed by atoms with Crippen LogP contribution >= 0.6 is 11.8 Å². The summed E-state index contributed by atoms with van der Waals surface area (Å²) in [6.45, 7) is 7.16. The average molecular weight is 436 g/mol. The summed E-state index contributed by atoms with van der Waals surface area (Å²) in [6.07, 6.45) is 6.18. The van der Waals surface area contributed by atoms with Crippen LogP contribution in [0.1, 0.15) is 26.2 Å². The number of sulfonamides is 1. The third kappa shape index (κ3) is 5.26. The highest BCUT2D eigenvalue weighted by atomic mass is 32.2. The molecule has 3 rings (SSSR count). The lowest BCUT2D eigenvalue weighted by atomic mass is 10.2. The van der Waals surface area contributed by atoms with Crippen LogP contribution < -0.4 is 5.32 Å². The normalized spacial score (nSPS) is 16.3. The van der Waals surface area contributed by atoms with Crippen LogP contribution in [-0.2, 0) is 21.4 Å². The first-order valence-corrected chi connectivity index (χ1v) is 11.8. The molecule has 1 aliphatic rings. The van der Waals surface area contributed by atoms with Gasteiger partial charge in [0.05, 0.1) is 10.1 Å². The Balaban J connectivity index is 1.62. The number of rotatable bonds is 8. The molecule has 1 saturated heterocycles. The van der Waals surface area contributed by atoms with Crippen molar-refractivity contribution < 1.29 is 13.2 Å². The van der Waals surface area contributed by atoms with E-state index >= 15 is 0 Å². The Morgan fingerprint density at radius 2 is 1.97 bits per heavy atom. The summed E-state index contributed by atoms with van der Waals surface area (Å²) in [7, 11) is -3.48. The molecular weight excluding hydrogens is 410 g/mol. The van der Waals surface area contributed by atoms with Gasteiger partial charge in [0.2, 0.25) is 15.9 Å². The van der Waals surface area contributed by atoms with Gasteiger partial charge < -0.3 is 9.88 Å². The van der Waals surface area contributed by atoms with E-state index in [2.05, 4.69) is 22.1 Å². The molecule has 1 aliphatic heterocycles. The zero-order valence-electron chi connectivity index (χ0n) is 16.3. The minimum absolute atomic E-state index is 0.199. The van der Waals surface area contributed by atoms with Gasteiger partial charge in [-0.2, -0.15) is 4.31 Å². The summed E-state index contributed by atoms with van der Waals surface area (Å²) in [4.78, 5) is 12.7. The Hall–Kier alpha value is -2.17. The summed E-state index contributed by atoms with van der Waals surface area (Å²) >= 11 is 1.30. The van der Waals surface area contributed by atoms with Crippen LogP contribution in [0.2, 0.25) is 0 Å². The molecule has 1 fully saturated rings. The number of amides is 1. The van der Waals surface area contributed by atoms with Crippen molar-refractivity contribution in [3.8, 4) is 0 Å². The third-order valence-electron chi connectivity index (χ3n) is 4.63. The van der Waals surface area contributed by atoms with Crippen LogP contribution in [-0.4, -0.2) is 51.7 Å². The topological polar surface area (TPSA) is 97.2 Å². The predicted molar refractivity (Wildman–Crippen MR) is 113 cm³/mol. The monoisotopic (exact) mass is 435 g/mol. The van der Waals surface area contributed by atoms with Crippen LogP contribution in [0, 0.1) is 0 Å². The lowest BCUT2D eigenvalue weighted by Crippen LogP contribution is -2.35. The average Bonchev–Trinajstić information content (AvgIpc) is 3.16. The summed E-state index contributed by atoms with van der Waals surface area (Å²) in [5, 5.41) is 10.9. The number of allylic oxidation sites excluding steroid dienone is 1. The van der Waals surface area contributed by atoms with E-state index in [1.165, 1.54) is 28.2 Å². The van der Waals surface area contributed by atoms with E-state index in [9.17, 15) is 13.2 Å². The van der Waals surface area contributed by atoms with Gasteiger partial charge in [-0.1, -0.05) is 24.3 Å². The Kier molecular flexibility index (Phi) is 7.09. The van der Waals surface area contributed by atoms with Crippen molar-refractivity contribution >= 4 is 33.4 Å². The minimum atomic E-state index is -3.48. The van der Waals surface area contributed by atoms with Crippen LogP contribution in [0.5, 0.6) is 0 Å². The van der Waals surface area contributed by atoms with Crippen molar-refractivity contribution in [2.45, 2.75) is 48.0 Å². The highest BCUT2D eigenvalue weighted by Crippen LogP contribution is 2.24. The molecule has 8 nitrogen and oxygen atoms in total. The number of carbonyl (C=O) groups excluding carboxylic acids is 1. The minimum Gasteiger partial charge on any atom is -0.325 e. The van der Waals surface area contributed by atoms with Crippen molar-refractivity contribution in [3.05, 3.63) is 43.2 Å². The zero-order valence-corrected chi connectivity index (χ0v) is 18.0. The Morgan fingerprint density at radius 3 is 2.62 bits per heavy atom. The number of carbonyl (C=O) groups is 1. The van der Waals surface area contributed by atoms with Gasteiger partial charge in [0.25, 0.3) is 0 Å². The van der Waals surface area contributed by atoms with Crippen molar-refractivity contribution in [3.63, 3.8) is 0 Å². The highest BCUT2D eigenvalue weighted by molar-refractivity contribution is 8.00. The Morgan fingerprint density at radius 1 is 1.28 bits per heavy atom. The number of thioether (sulfide) groups is 1. The second-order valence-electron chi connectivity index (χ2n) is 6.79. The first-order valence-electron chi connectivity index (χ1n) is 9.48. The zero-order chi connectivity index (χ0) is 20.9. The second kappa shape index (κ2) is 9.55. The van der Waals surface area contributed by atoms with Crippen molar-refractivity contribution in [2.24, 2.45) is 0 Å². The maximum Gasteiger partial charge on any atom is 0.243 e. The molecule has 0 spiro atoms. The summed E-state index contributed by atoms with van der Waals surface area (Å²) in [5.41, 5.74) is 0.549. The van der Waals surface area contributed by atoms with E-state index in [0.29, 0.717) is 30.5 Å². The number of aromatic nitrogens is 3. The lowest BCUT2D eigenvalue weighted by molar-refractivity contribution is -0.115. The lowest BCUT2D eigenvalue weighted by Gasteiger charge is -2.25. The predicted octanol–water partition coefficient (Wildman–Crippen LogP) is 2.76.